The van der Waals surface area contributed by atoms with Crippen LogP contribution in [-0.4, -0.2) is 41.5 Å². The van der Waals surface area contributed by atoms with Gasteiger partial charge in [0.05, 0.1) is 13.0 Å². The first-order chi connectivity index (χ1) is 12.9. The van der Waals surface area contributed by atoms with Crippen molar-refractivity contribution in [3.8, 4) is 5.75 Å². The van der Waals surface area contributed by atoms with E-state index < -0.39 is 6.04 Å². The van der Waals surface area contributed by atoms with E-state index in [1.54, 1.807) is 35.9 Å². The van der Waals surface area contributed by atoms with Crippen LogP contribution in [0.1, 0.15) is 27.0 Å². The molecule has 2 aromatic rings. The zero-order valence-electron chi connectivity index (χ0n) is 16.0. The molecule has 0 saturated carbocycles. The zero-order valence-corrected chi connectivity index (χ0v) is 16.9. The van der Waals surface area contributed by atoms with Gasteiger partial charge in [-0.1, -0.05) is 12.1 Å². The van der Waals surface area contributed by atoms with Gasteiger partial charge in [0.2, 0.25) is 5.91 Å². The highest BCUT2D eigenvalue weighted by Crippen LogP contribution is 2.27. The van der Waals surface area contributed by atoms with Crippen LogP contribution in [0, 0.1) is 20.8 Å². The van der Waals surface area contributed by atoms with Crippen LogP contribution in [0.25, 0.3) is 0 Å². The van der Waals surface area contributed by atoms with Crippen LogP contribution in [0.5, 0.6) is 5.75 Å². The van der Waals surface area contributed by atoms with Gasteiger partial charge in [-0.25, -0.2) is 0 Å². The molecule has 1 fully saturated rings. The number of carbonyl (C=O) groups excluding carboxylic acids is 2. The molecule has 1 aliphatic rings. The van der Waals surface area contributed by atoms with Crippen LogP contribution >= 0.6 is 11.8 Å². The molecule has 1 N–H and O–H groups in total. The predicted octanol–water partition coefficient (Wildman–Crippen LogP) is 3.77. The van der Waals surface area contributed by atoms with E-state index in [1.807, 2.05) is 45.0 Å². The third-order valence-electron chi connectivity index (χ3n) is 4.88. The van der Waals surface area contributed by atoms with Gasteiger partial charge >= 0.3 is 0 Å². The Balaban J connectivity index is 1.76. The quantitative estimate of drug-likeness (QED) is 0.872. The van der Waals surface area contributed by atoms with Gasteiger partial charge in [-0.2, -0.15) is 0 Å². The summed E-state index contributed by atoms with van der Waals surface area (Å²) >= 11 is 1.58. The first-order valence-electron chi connectivity index (χ1n) is 8.82. The fourth-order valence-electron chi connectivity index (χ4n) is 3.02. The SMILES string of the molecule is COc1cc(C(=O)N2CSCC2C(=O)Nc2ccc(C)c(C)c2)ccc1C. The summed E-state index contributed by atoms with van der Waals surface area (Å²) in [6, 6.07) is 10.7. The molecule has 6 heteroatoms. The van der Waals surface area contributed by atoms with Crippen LogP contribution in [0.2, 0.25) is 0 Å². The number of nitrogens with zero attached hydrogens (tertiary/aromatic N) is 1. The number of rotatable bonds is 4. The van der Waals surface area contributed by atoms with Crippen LogP contribution in [0.15, 0.2) is 36.4 Å². The summed E-state index contributed by atoms with van der Waals surface area (Å²) in [4.78, 5) is 27.4. The number of thioether (sulfide) groups is 1. The molecule has 1 heterocycles. The average molecular weight is 385 g/mol. The minimum absolute atomic E-state index is 0.154. The summed E-state index contributed by atoms with van der Waals surface area (Å²) in [7, 11) is 1.59. The number of aryl methyl sites for hydroxylation is 3. The second kappa shape index (κ2) is 8.05. The Bertz CT molecular complexity index is 882. The maximum absolute atomic E-state index is 13.0. The van der Waals surface area contributed by atoms with E-state index >= 15 is 0 Å². The van der Waals surface area contributed by atoms with E-state index in [2.05, 4.69) is 5.32 Å². The molecule has 1 atom stereocenters. The second-order valence-electron chi connectivity index (χ2n) is 6.76. The number of carbonyl (C=O) groups is 2. The molecule has 5 nitrogen and oxygen atoms in total. The van der Waals surface area contributed by atoms with E-state index in [9.17, 15) is 9.59 Å². The standard InChI is InChI=1S/C21H24N2O3S/c1-13-6-8-17(9-15(13)3)22-20(24)18-11-27-12-23(18)21(25)16-7-5-14(2)19(10-16)26-4/h5-10,18H,11-12H2,1-4H3,(H,22,24). The Hall–Kier alpha value is -2.47. The molecule has 2 amide bonds. The summed E-state index contributed by atoms with van der Waals surface area (Å²) in [5.74, 6) is 1.45. The zero-order chi connectivity index (χ0) is 19.6. The van der Waals surface area contributed by atoms with Crippen molar-refractivity contribution in [1.29, 1.82) is 0 Å². The lowest BCUT2D eigenvalue weighted by molar-refractivity contribution is -0.119. The van der Waals surface area contributed by atoms with Crippen molar-refractivity contribution >= 4 is 29.3 Å². The minimum Gasteiger partial charge on any atom is -0.496 e. The van der Waals surface area contributed by atoms with Crippen molar-refractivity contribution in [2.24, 2.45) is 0 Å². The van der Waals surface area contributed by atoms with Gasteiger partial charge in [0.25, 0.3) is 5.91 Å². The summed E-state index contributed by atoms with van der Waals surface area (Å²) in [5, 5.41) is 2.95. The van der Waals surface area contributed by atoms with Crippen molar-refractivity contribution in [2.75, 3.05) is 24.1 Å². The van der Waals surface area contributed by atoms with Crippen molar-refractivity contribution in [2.45, 2.75) is 26.8 Å². The van der Waals surface area contributed by atoms with Crippen LogP contribution in [-0.2, 0) is 4.79 Å². The Labute approximate surface area is 164 Å². The fourth-order valence-corrected chi connectivity index (χ4v) is 4.18. The molecule has 1 saturated heterocycles. The number of nitrogens with one attached hydrogen (secondary N) is 1. The lowest BCUT2D eigenvalue weighted by atomic mass is 10.1. The van der Waals surface area contributed by atoms with E-state index in [0.717, 1.165) is 16.8 Å². The average Bonchev–Trinajstić information content (AvgIpc) is 3.14. The molecule has 2 aromatic carbocycles. The number of hydrogen-bond donors (Lipinski definition) is 1. The first kappa shape index (κ1) is 19.3. The molecule has 1 aliphatic heterocycles. The van der Waals surface area contributed by atoms with Crippen LogP contribution in [0.4, 0.5) is 5.69 Å². The molecule has 1 unspecified atom stereocenters. The minimum atomic E-state index is -0.489. The van der Waals surface area contributed by atoms with Gasteiger partial charge in [-0.3, -0.25) is 9.59 Å². The Morgan fingerprint density at radius 1 is 1.07 bits per heavy atom. The van der Waals surface area contributed by atoms with E-state index in [-0.39, 0.29) is 11.8 Å². The number of benzene rings is 2. The lowest BCUT2D eigenvalue weighted by Crippen LogP contribution is -2.44. The van der Waals surface area contributed by atoms with E-state index in [0.29, 0.717) is 22.9 Å². The maximum atomic E-state index is 13.0. The molecule has 3 rings (SSSR count). The third kappa shape index (κ3) is 4.11. The van der Waals surface area contributed by atoms with Crippen LogP contribution < -0.4 is 10.1 Å². The smallest absolute Gasteiger partial charge is 0.255 e. The molecule has 0 spiro atoms. The summed E-state index contributed by atoms with van der Waals surface area (Å²) in [6.45, 7) is 5.97. The third-order valence-corrected chi connectivity index (χ3v) is 5.89. The second-order valence-corrected chi connectivity index (χ2v) is 7.76. The molecule has 142 valence electrons. The van der Waals surface area contributed by atoms with Gasteiger partial charge in [-0.15, -0.1) is 11.8 Å². The molecule has 0 radical (unpaired) electrons. The first-order valence-corrected chi connectivity index (χ1v) is 9.97. The summed E-state index contributed by atoms with van der Waals surface area (Å²) < 4.78 is 5.32. The van der Waals surface area contributed by atoms with Gasteiger partial charge in [0, 0.05) is 17.0 Å². The fraction of sp³-hybridized carbons (Fsp3) is 0.333. The van der Waals surface area contributed by atoms with Crippen LogP contribution in [0.3, 0.4) is 0 Å². The van der Waals surface area contributed by atoms with Crippen molar-refractivity contribution in [3.63, 3.8) is 0 Å². The number of ether oxygens (including phenoxy) is 1. The number of anilines is 1. The van der Waals surface area contributed by atoms with E-state index in [1.165, 1.54) is 5.56 Å². The van der Waals surface area contributed by atoms with Gasteiger partial charge < -0.3 is 15.0 Å². The summed E-state index contributed by atoms with van der Waals surface area (Å²) in [6.07, 6.45) is 0. The Morgan fingerprint density at radius 3 is 2.52 bits per heavy atom. The molecule has 27 heavy (non-hydrogen) atoms. The van der Waals surface area contributed by atoms with Crippen molar-refractivity contribution in [1.82, 2.24) is 4.90 Å². The van der Waals surface area contributed by atoms with Gasteiger partial charge in [0.15, 0.2) is 0 Å². The Kier molecular flexibility index (Phi) is 5.75. The number of amides is 2. The highest BCUT2D eigenvalue weighted by atomic mass is 32.2. The number of methoxy groups -OCH3 is 1. The molecular weight excluding hydrogens is 360 g/mol. The van der Waals surface area contributed by atoms with Crippen molar-refractivity contribution in [3.05, 3.63) is 58.7 Å². The largest absolute Gasteiger partial charge is 0.496 e. The predicted molar refractivity (Wildman–Crippen MR) is 110 cm³/mol. The summed E-state index contributed by atoms with van der Waals surface area (Å²) in [5.41, 5.74) is 4.55. The van der Waals surface area contributed by atoms with Gasteiger partial charge in [0.1, 0.15) is 11.8 Å². The molecule has 0 aliphatic carbocycles. The van der Waals surface area contributed by atoms with Gasteiger partial charge in [-0.05, 0) is 61.7 Å². The highest BCUT2D eigenvalue weighted by Gasteiger charge is 2.35. The number of hydrogen-bond acceptors (Lipinski definition) is 4. The Morgan fingerprint density at radius 2 is 1.81 bits per heavy atom. The highest BCUT2D eigenvalue weighted by molar-refractivity contribution is 7.99. The van der Waals surface area contributed by atoms with Crippen molar-refractivity contribution < 1.29 is 14.3 Å². The normalized spacial score (nSPS) is 16.3. The molecule has 0 bridgehead atoms. The van der Waals surface area contributed by atoms with E-state index in [4.69, 9.17) is 4.74 Å². The topological polar surface area (TPSA) is 58.6 Å². The monoisotopic (exact) mass is 384 g/mol. The molecule has 0 aromatic heterocycles. The lowest BCUT2D eigenvalue weighted by Gasteiger charge is -2.23. The maximum Gasteiger partial charge on any atom is 0.255 e. The molecular formula is C21H24N2O3S.